The number of carboxylic acid groups (broad SMARTS) is 1. The monoisotopic (exact) mass is 623 g/mol. The number of ether oxygens (including phenoxy) is 2. The van der Waals surface area contributed by atoms with Gasteiger partial charge in [-0.2, -0.15) is 0 Å². The Morgan fingerprint density at radius 2 is 1.50 bits per heavy atom. The van der Waals surface area contributed by atoms with Crippen LogP contribution in [0.15, 0.2) is 91.0 Å². The molecule has 240 valence electrons. The van der Waals surface area contributed by atoms with Gasteiger partial charge in [0.05, 0.1) is 0 Å². The fourth-order valence-electron chi connectivity index (χ4n) is 5.56. The third-order valence-electron chi connectivity index (χ3n) is 7.88. The van der Waals surface area contributed by atoms with E-state index in [2.05, 4.69) is 17.4 Å². The minimum absolute atomic E-state index is 0.107. The van der Waals surface area contributed by atoms with Crippen molar-refractivity contribution >= 4 is 30.4 Å². The number of benzene rings is 3. The van der Waals surface area contributed by atoms with Crippen LogP contribution in [0.5, 0.6) is 0 Å². The third-order valence-corrected chi connectivity index (χ3v) is 7.88. The molecule has 2 N–H and O–H groups in total. The first-order valence-electron chi connectivity index (χ1n) is 15.4. The van der Waals surface area contributed by atoms with Crippen LogP contribution in [0.25, 0.3) is 17.2 Å². The number of esters is 1. The molecule has 3 aromatic carbocycles. The molecule has 0 bridgehead atoms. The minimum Gasteiger partial charge on any atom is -0.478 e. The van der Waals surface area contributed by atoms with Crippen LogP contribution in [0.3, 0.4) is 0 Å². The number of alkyl carbamates (subject to hydrolysis) is 1. The first-order chi connectivity index (χ1) is 21.9. The van der Waals surface area contributed by atoms with Gasteiger partial charge in [-0.15, -0.1) is 0 Å². The van der Waals surface area contributed by atoms with Gasteiger partial charge in [-0.05, 0) is 39.7 Å². The third kappa shape index (κ3) is 9.27. The second-order valence-electron chi connectivity index (χ2n) is 12.7. The Morgan fingerprint density at radius 1 is 0.913 bits per heavy atom. The number of carbonyl (C=O) groups is 4. The molecule has 0 fully saturated rings. The van der Waals surface area contributed by atoms with Crippen LogP contribution in [-0.2, 0) is 19.1 Å². The summed E-state index contributed by atoms with van der Waals surface area (Å²) in [5.41, 5.74) is 5.48. The summed E-state index contributed by atoms with van der Waals surface area (Å²) in [5.74, 6) is -2.17. The van der Waals surface area contributed by atoms with Gasteiger partial charge in [0.15, 0.2) is 0 Å². The second-order valence-corrected chi connectivity index (χ2v) is 12.7. The highest BCUT2D eigenvalue weighted by Crippen LogP contribution is 2.44. The van der Waals surface area contributed by atoms with Crippen molar-refractivity contribution in [3.05, 3.63) is 113 Å². The fraction of sp³-hybridized carbons (Fsp3) is 0.316. The summed E-state index contributed by atoms with van der Waals surface area (Å²) in [4.78, 5) is 48.8. The number of amides is 1. The summed E-state index contributed by atoms with van der Waals surface area (Å²) in [6.45, 7) is 7.85. The Hall–Kier alpha value is -4.98. The number of carboxylic acids is 1. The predicted molar refractivity (Wildman–Crippen MR) is 177 cm³/mol. The number of aliphatic carboxylic acids is 1. The molecular formula is C38H41NO7. The average Bonchev–Trinajstić information content (AvgIpc) is 3.34. The first-order valence-corrected chi connectivity index (χ1v) is 15.4. The van der Waals surface area contributed by atoms with Crippen LogP contribution < -0.4 is 5.32 Å². The maximum Gasteiger partial charge on any atom is 0.407 e. The van der Waals surface area contributed by atoms with Gasteiger partial charge in [0.2, 0.25) is 0 Å². The number of carbonyl (C=O) groups excluding carboxylic acids is 3. The number of rotatable bonds is 13. The topological polar surface area (TPSA) is 119 Å². The van der Waals surface area contributed by atoms with Crippen LogP contribution in [0, 0.1) is 11.3 Å². The van der Waals surface area contributed by atoms with E-state index in [-0.39, 0.29) is 30.3 Å². The van der Waals surface area contributed by atoms with E-state index < -0.39 is 30.2 Å². The van der Waals surface area contributed by atoms with E-state index in [0.29, 0.717) is 12.0 Å². The van der Waals surface area contributed by atoms with Crippen molar-refractivity contribution in [3.8, 4) is 11.1 Å². The second kappa shape index (κ2) is 15.3. The van der Waals surface area contributed by atoms with Crippen molar-refractivity contribution in [1.29, 1.82) is 0 Å². The van der Waals surface area contributed by atoms with Crippen molar-refractivity contribution in [2.24, 2.45) is 11.3 Å². The maximum absolute atomic E-state index is 13.6. The molecule has 8 nitrogen and oxygen atoms in total. The summed E-state index contributed by atoms with van der Waals surface area (Å²) in [7, 11) is 0. The Morgan fingerprint density at radius 3 is 2.07 bits per heavy atom. The van der Waals surface area contributed by atoms with Gasteiger partial charge in [-0.1, -0.05) is 119 Å². The molecule has 2 unspecified atom stereocenters. The molecule has 8 heteroatoms. The summed E-state index contributed by atoms with van der Waals surface area (Å²) < 4.78 is 11.7. The number of aldehydes is 1. The minimum atomic E-state index is -1.11. The molecule has 4 rings (SSSR count). The van der Waals surface area contributed by atoms with Gasteiger partial charge in [0.1, 0.15) is 25.0 Å². The van der Waals surface area contributed by atoms with Crippen LogP contribution >= 0.6 is 0 Å². The molecule has 0 saturated carbocycles. The predicted octanol–water partition coefficient (Wildman–Crippen LogP) is 7.43. The standard InChI is InChI=1S/C38H41NO7/c1-25(16-17-26-18-20-27(23-40)21-19-26)34(14-9-15-35(41)42)46-36(43)33(22-38(2,3)4)39-37(44)45-24-32-30-12-7-5-10-28(30)29-11-6-8-13-31(29)32/h5-13,15-21,23,25,32-34H,14,22,24H2,1-4H3,(H,39,44)(H,41,42)/b15-9+,17-16+/t25?,33-,34?/m0/s1. The van der Waals surface area contributed by atoms with Crippen molar-refractivity contribution in [3.63, 3.8) is 0 Å². The zero-order valence-electron chi connectivity index (χ0n) is 26.6. The molecule has 0 radical (unpaired) electrons. The largest absolute Gasteiger partial charge is 0.478 e. The molecule has 0 heterocycles. The SMILES string of the molecule is CC(/C=C/c1ccc(C=O)cc1)C(C/C=C/C(=O)O)OC(=O)[C@H](CC(C)(C)C)NC(=O)OCC1c2ccccc2-c2ccccc21. The molecule has 0 aliphatic heterocycles. The van der Waals surface area contributed by atoms with Crippen molar-refractivity contribution in [2.75, 3.05) is 6.61 Å². The van der Waals surface area contributed by atoms with Crippen LogP contribution in [-0.4, -0.2) is 48.2 Å². The molecule has 3 atom stereocenters. The van der Waals surface area contributed by atoms with E-state index >= 15 is 0 Å². The number of fused-ring (bicyclic) bond motifs is 3. The summed E-state index contributed by atoms with van der Waals surface area (Å²) in [6, 6.07) is 22.1. The molecule has 46 heavy (non-hydrogen) atoms. The molecule has 0 saturated heterocycles. The molecular weight excluding hydrogens is 582 g/mol. The van der Waals surface area contributed by atoms with E-state index in [4.69, 9.17) is 14.6 Å². The summed E-state index contributed by atoms with van der Waals surface area (Å²) >= 11 is 0. The van der Waals surface area contributed by atoms with Gasteiger partial charge in [0, 0.05) is 29.9 Å². The highest BCUT2D eigenvalue weighted by atomic mass is 16.6. The van der Waals surface area contributed by atoms with Gasteiger partial charge in [0.25, 0.3) is 0 Å². The average molecular weight is 624 g/mol. The van der Waals surface area contributed by atoms with Crippen molar-refractivity contribution in [2.45, 2.75) is 58.6 Å². The lowest BCUT2D eigenvalue weighted by Gasteiger charge is -2.28. The van der Waals surface area contributed by atoms with Crippen molar-refractivity contribution < 1.29 is 33.8 Å². The molecule has 3 aromatic rings. The van der Waals surface area contributed by atoms with Gasteiger partial charge >= 0.3 is 18.0 Å². The van der Waals surface area contributed by atoms with Crippen molar-refractivity contribution in [1.82, 2.24) is 5.32 Å². The molecule has 0 aromatic heterocycles. The zero-order valence-corrected chi connectivity index (χ0v) is 26.6. The Balaban J connectivity index is 1.46. The zero-order chi connectivity index (χ0) is 33.3. The lowest BCUT2D eigenvalue weighted by molar-refractivity contribution is -0.153. The highest BCUT2D eigenvalue weighted by Gasteiger charge is 2.33. The van der Waals surface area contributed by atoms with E-state index in [1.165, 1.54) is 6.08 Å². The summed E-state index contributed by atoms with van der Waals surface area (Å²) in [5, 5.41) is 11.8. The first kappa shape index (κ1) is 33.9. The Kier molecular flexibility index (Phi) is 11.3. The molecule has 1 aliphatic carbocycles. The lowest BCUT2D eigenvalue weighted by atomic mass is 9.88. The van der Waals surface area contributed by atoms with Crippen LogP contribution in [0.1, 0.15) is 73.5 Å². The van der Waals surface area contributed by atoms with E-state index in [1.54, 1.807) is 24.3 Å². The smallest absolute Gasteiger partial charge is 0.407 e. The molecule has 0 spiro atoms. The van der Waals surface area contributed by atoms with Gasteiger partial charge in [-0.3, -0.25) is 4.79 Å². The van der Waals surface area contributed by atoms with Crippen LogP contribution in [0.4, 0.5) is 4.79 Å². The van der Waals surface area contributed by atoms with E-state index in [0.717, 1.165) is 40.2 Å². The number of hydrogen-bond donors (Lipinski definition) is 2. The summed E-state index contributed by atoms with van der Waals surface area (Å²) in [6.07, 6.45) is 5.95. The van der Waals surface area contributed by atoms with Gasteiger partial charge < -0.3 is 19.9 Å². The number of nitrogens with one attached hydrogen (secondary N) is 1. The molecule has 1 aliphatic rings. The number of hydrogen-bond acceptors (Lipinski definition) is 6. The normalized spacial score (nSPS) is 14.7. The van der Waals surface area contributed by atoms with E-state index in [9.17, 15) is 19.2 Å². The fourth-order valence-corrected chi connectivity index (χ4v) is 5.56. The van der Waals surface area contributed by atoms with Gasteiger partial charge in [-0.25, -0.2) is 14.4 Å². The highest BCUT2D eigenvalue weighted by molar-refractivity contribution is 5.82. The lowest BCUT2D eigenvalue weighted by Crippen LogP contribution is -2.46. The Labute approximate surface area is 270 Å². The quantitative estimate of drug-likeness (QED) is 0.115. The molecule has 1 amide bonds. The maximum atomic E-state index is 13.6. The Bertz CT molecular complexity index is 1550. The van der Waals surface area contributed by atoms with Crippen LogP contribution in [0.2, 0.25) is 0 Å². The van der Waals surface area contributed by atoms with E-state index in [1.807, 2.05) is 76.2 Å².